The molecule has 0 aliphatic rings. The van der Waals surface area contributed by atoms with Gasteiger partial charge in [-0.05, 0) is 38.5 Å². The molecule has 0 aliphatic carbocycles. The van der Waals surface area contributed by atoms with Crippen molar-refractivity contribution in [1.29, 1.82) is 0 Å². The summed E-state index contributed by atoms with van der Waals surface area (Å²) in [7, 11) is -3.76. The molecule has 0 aromatic heterocycles. The first-order valence-corrected chi connectivity index (χ1v) is 8.44. The van der Waals surface area contributed by atoms with E-state index in [-0.39, 0.29) is 28.3 Å². The number of benzene rings is 1. The summed E-state index contributed by atoms with van der Waals surface area (Å²) in [6, 6.07) is 3.30. The van der Waals surface area contributed by atoms with Crippen LogP contribution in [0.3, 0.4) is 0 Å². The Morgan fingerprint density at radius 3 is 2.55 bits per heavy atom. The fourth-order valence-corrected chi connectivity index (χ4v) is 2.91. The first-order valence-electron chi connectivity index (χ1n) is 6.58. The van der Waals surface area contributed by atoms with E-state index in [2.05, 4.69) is 9.46 Å². The number of nitrogens with one attached hydrogen (secondary N) is 1. The van der Waals surface area contributed by atoms with Crippen LogP contribution in [0.15, 0.2) is 23.1 Å². The predicted octanol–water partition coefficient (Wildman–Crippen LogP) is 3.03. The van der Waals surface area contributed by atoms with Gasteiger partial charge in [-0.2, -0.15) is 8.78 Å². The maximum Gasteiger partial charge on any atom is 0.387 e. The van der Waals surface area contributed by atoms with E-state index in [0.717, 1.165) is 18.2 Å². The Labute approximate surface area is 133 Å². The second-order valence-electron chi connectivity index (χ2n) is 4.64. The summed E-state index contributed by atoms with van der Waals surface area (Å²) < 4.78 is 60.1. The lowest BCUT2D eigenvalue weighted by molar-refractivity contribution is -0.0498. The summed E-state index contributed by atoms with van der Waals surface area (Å²) in [5, 5.41) is -0.202. The lowest BCUT2D eigenvalue weighted by Crippen LogP contribution is -2.26. The summed E-state index contributed by atoms with van der Waals surface area (Å²) in [6.07, 6.45) is 0.593. The van der Waals surface area contributed by atoms with Gasteiger partial charge >= 0.3 is 6.61 Å². The van der Waals surface area contributed by atoms with E-state index in [1.165, 1.54) is 0 Å². The van der Waals surface area contributed by atoms with Crippen LogP contribution in [0.25, 0.3) is 0 Å². The highest BCUT2D eigenvalue weighted by atomic mass is 35.5. The van der Waals surface area contributed by atoms with E-state index in [1.54, 1.807) is 0 Å². The molecule has 1 rings (SSSR count). The Morgan fingerprint density at radius 2 is 2.00 bits per heavy atom. The second-order valence-corrected chi connectivity index (χ2v) is 6.82. The Balaban J connectivity index is 2.63. The van der Waals surface area contributed by atoms with E-state index >= 15 is 0 Å². The summed E-state index contributed by atoms with van der Waals surface area (Å²) in [4.78, 5) is -0.121. The fourth-order valence-electron chi connectivity index (χ4n) is 1.52. The zero-order valence-electron chi connectivity index (χ0n) is 12.2. The van der Waals surface area contributed by atoms with E-state index in [4.69, 9.17) is 16.3 Å². The molecule has 5 nitrogen and oxygen atoms in total. The van der Waals surface area contributed by atoms with Gasteiger partial charge in [-0.3, -0.25) is 0 Å². The van der Waals surface area contributed by atoms with Crippen LogP contribution in [0.5, 0.6) is 5.75 Å². The number of rotatable bonds is 9. The van der Waals surface area contributed by atoms with Crippen LogP contribution in [0.4, 0.5) is 8.78 Å². The number of halogens is 3. The van der Waals surface area contributed by atoms with Crippen molar-refractivity contribution in [2.45, 2.75) is 37.9 Å². The largest absolute Gasteiger partial charge is 0.433 e. The van der Waals surface area contributed by atoms with Crippen molar-refractivity contribution in [2.24, 2.45) is 0 Å². The first kappa shape index (κ1) is 19.1. The quantitative estimate of drug-likeness (QED) is 0.690. The van der Waals surface area contributed by atoms with Crippen molar-refractivity contribution in [3.8, 4) is 5.75 Å². The smallest absolute Gasteiger partial charge is 0.387 e. The lowest BCUT2D eigenvalue weighted by Gasteiger charge is -2.11. The minimum Gasteiger partial charge on any atom is -0.433 e. The molecule has 0 saturated heterocycles. The van der Waals surface area contributed by atoms with Crippen LogP contribution in [-0.2, 0) is 14.8 Å². The van der Waals surface area contributed by atoms with Crippen LogP contribution in [-0.4, -0.2) is 34.3 Å². The number of hydrogen-bond acceptors (Lipinski definition) is 4. The average Bonchev–Trinajstić information content (AvgIpc) is 2.39. The summed E-state index contributed by atoms with van der Waals surface area (Å²) in [6.45, 7) is 1.37. The van der Waals surface area contributed by atoms with Crippen LogP contribution in [0, 0.1) is 0 Å². The SMILES string of the molecule is CC(C)OCCCNS(=O)(=O)c1ccc(OC(F)F)c(Cl)c1. The molecular formula is C13H18ClF2NO4S. The van der Waals surface area contributed by atoms with Gasteiger partial charge in [0.15, 0.2) is 0 Å². The Bertz CT molecular complexity index is 581. The zero-order chi connectivity index (χ0) is 16.8. The highest BCUT2D eigenvalue weighted by molar-refractivity contribution is 7.89. The van der Waals surface area contributed by atoms with Gasteiger partial charge < -0.3 is 9.47 Å². The molecule has 0 aliphatic heterocycles. The molecule has 1 aromatic rings. The van der Waals surface area contributed by atoms with Gasteiger partial charge in [-0.15, -0.1) is 0 Å². The molecule has 0 saturated carbocycles. The fraction of sp³-hybridized carbons (Fsp3) is 0.538. The number of sulfonamides is 1. The van der Waals surface area contributed by atoms with Crippen LogP contribution < -0.4 is 9.46 Å². The predicted molar refractivity (Wildman–Crippen MR) is 79.0 cm³/mol. The van der Waals surface area contributed by atoms with E-state index < -0.39 is 16.6 Å². The number of hydrogen-bond donors (Lipinski definition) is 1. The van der Waals surface area contributed by atoms with E-state index in [0.29, 0.717) is 13.0 Å². The van der Waals surface area contributed by atoms with Gasteiger partial charge in [0.2, 0.25) is 10.0 Å². The van der Waals surface area contributed by atoms with Crippen molar-refractivity contribution in [3.05, 3.63) is 23.2 Å². The van der Waals surface area contributed by atoms with Crippen molar-refractivity contribution in [1.82, 2.24) is 4.72 Å². The minimum atomic E-state index is -3.76. The van der Waals surface area contributed by atoms with Crippen molar-refractivity contribution < 1.29 is 26.7 Å². The standard InChI is InChI=1S/C13H18ClF2NO4S/c1-9(2)20-7-3-6-17-22(18,19)10-4-5-12(11(14)8-10)21-13(15)16/h4-5,8-9,13,17H,3,6-7H2,1-2H3. The molecule has 1 N–H and O–H groups in total. The summed E-state index contributed by atoms with van der Waals surface area (Å²) >= 11 is 5.73. The van der Waals surface area contributed by atoms with Gasteiger partial charge in [0.25, 0.3) is 0 Å². The van der Waals surface area contributed by atoms with E-state index in [1.807, 2.05) is 13.8 Å². The van der Waals surface area contributed by atoms with Crippen molar-refractivity contribution in [3.63, 3.8) is 0 Å². The van der Waals surface area contributed by atoms with Crippen LogP contribution >= 0.6 is 11.6 Å². The van der Waals surface area contributed by atoms with Crippen LogP contribution in [0.2, 0.25) is 5.02 Å². The normalized spacial score (nSPS) is 12.1. The molecule has 0 bridgehead atoms. The lowest BCUT2D eigenvalue weighted by atomic mass is 10.3. The Kier molecular flexibility index (Phi) is 7.47. The zero-order valence-corrected chi connectivity index (χ0v) is 13.8. The molecule has 1 aromatic carbocycles. The number of alkyl halides is 2. The molecule has 0 amide bonds. The van der Waals surface area contributed by atoms with Crippen molar-refractivity contribution in [2.75, 3.05) is 13.2 Å². The topological polar surface area (TPSA) is 64.6 Å². The maximum atomic E-state index is 12.1. The molecule has 22 heavy (non-hydrogen) atoms. The summed E-state index contributed by atoms with van der Waals surface area (Å²) in [5.74, 6) is -0.277. The summed E-state index contributed by atoms with van der Waals surface area (Å²) in [5.41, 5.74) is 0. The van der Waals surface area contributed by atoms with Crippen LogP contribution in [0.1, 0.15) is 20.3 Å². The third-order valence-corrected chi connectivity index (χ3v) is 4.25. The molecule has 0 spiro atoms. The highest BCUT2D eigenvalue weighted by Crippen LogP contribution is 2.28. The molecule has 0 heterocycles. The average molecular weight is 358 g/mol. The monoisotopic (exact) mass is 357 g/mol. The Morgan fingerprint density at radius 1 is 1.32 bits per heavy atom. The molecule has 0 atom stereocenters. The molecule has 0 unspecified atom stereocenters. The molecule has 9 heteroatoms. The third-order valence-electron chi connectivity index (χ3n) is 2.49. The first-order chi connectivity index (χ1) is 10.2. The minimum absolute atomic E-state index is 0.0813. The molecule has 0 fully saturated rings. The van der Waals surface area contributed by atoms with Crippen molar-refractivity contribution >= 4 is 21.6 Å². The Hall–Kier alpha value is -0.960. The van der Waals surface area contributed by atoms with Gasteiger partial charge in [0.1, 0.15) is 5.75 Å². The molecule has 126 valence electrons. The van der Waals surface area contributed by atoms with Gasteiger partial charge in [-0.25, -0.2) is 13.1 Å². The molecular weight excluding hydrogens is 340 g/mol. The second kappa shape index (κ2) is 8.61. The van der Waals surface area contributed by atoms with Gasteiger partial charge in [-0.1, -0.05) is 11.6 Å². The highest BCUT2D eigenvalue weighted by Gasteiger charge is 2.17. The maximum absolute atomic E-state index is 12.1. The van der Waals surface area contributed by atoms with Gasteiger partial charge in [0, 0.05) is 13.2 Å². The third kappa shape index (κ3) is 6.43. The van der Waals surface area contributed by atoms with E-state index in [9.17, 15) is 17.2 Å². The number of ether oxygens (including phenoxy) is 2. The molecule has 0 radical (unpaired) electrons. The van der Waals surface area contributed by atoms with Gasteiger partial charge in [0.05, 0.1) is 16.0 Å².